The molecule has 1 saturated carbocycles. The minimum Gasteiger partial charge on any atom is -0.496 e. The van der Waals surface area contributed by atoms with Gasteiger partial charge in [-0.05, 0) is 71.7 Å². The third-order valence-corrected chi connectivity index (χ3v) is 5.98. The third kappa shape index (κ3) is 8.11. The fraction of sp³-hybridized carbons (Fsp3) is 0.346. The first kappa shape index (κ1) is 26.8. The maximum Gasteiger partial charge on any atom is 0.491 e. The topological polar surface area (TPSA) is 116 Å². The summed E-state index contributed by atoms with van der Waals surface area (Å²) in [6.45, 7) is 6.14. The molecular weight excluding hydrogens is 446 g/mol. The van der Waals surface area contributed by atoms with Gasteiger partial charge in [0.05, 0.1) is 0 Å². The van der Waals surface area contributed by atoms with Crippen molar-refractivity contribution in [3.8, 4) is 11.5 Å². The average molecular weight is 478 g/mol. The Labute approximate surface area is 207 Å². The largest absolute Gasteiger partial charge is 0.496 e. The summed E-state index contributed by atoms with van der Waals surface area (Å²) < 4.78 is 10.6. The Morgan fingerprint density at radius 2 is 1.14 bits per heavy atom. The summed E-state index contributed by atoms with van der Waals surface area (Å²) >= 11 is 0. The lowest BCUT2D eigenvalue weighted by Gasteiger charge is -2.35. The molecule has 184 valence electrons. The van der Waals surface area contributed by atoms with Gasteiger partial charge in [-0.25, -0.2) is 0 Å². The minimum absolute atomic E-state index is 0.0184. The quantitative estimate of drug-likeness (QED) is 0.341. The molecule has 1 aliphatic rings. The van der Waals surface area contributed by atoms with Gasteiger partial charge in [0.25, 0.3) is 0 Å². The number of rotatable bonds is 8. The van der Waals surface area contributed by atoms with Crippen molar-refractivity contribution in [2.45, 2.75) is 33.6 Å². The molecule has 4 N–H and O–H groups in total. The number of allylic oxidation sites excluding steroid dienone is 2. The second kappa shape index (κ2) is 11.7. The molecule has 1 aliphatic carbocycles. The van der Waals surface area contributed by atoms with Crippen LogP contribution in [0.3, 0.4) is 0 Å². The van der Waals surface area contributed by atoms with Gasteiger partial charge >= 0.3 is 14.2 Å². The maximum atomic E-state index is 13.4. The number of ketones is 1. The molecule has 9 heteroatoms. The summed E-state index contributed by atoms with van der Waals surface area (Å²) in [5, 5.41) is 35.8. The van der Waals surface area contributed by atoms with Crippen molar-refractivity contribution in [1.29, 1.82) is 0 Å². The Morgan fingerprint density at radius 1 is 0.771 bits per heavy atom. The van der Waals surface area contributed by atoms with Gasteiger partial charge in [0, 0.05) is 11.1 Å². The van der Waals surface area contributed by atoms with Crippen molar-refractivity contribution in [1.82, 2.24) is 0 Å². The first-order valence-corrected chi connectivity index (χ1v) is 11.6. The third-order valence-electron chi connectivity index (χ3n) is 5.98. The molecule has 0 amide bonds. The minimum atomic E-state index is -1.53. The summed E-state index contributed by atoms with van der Waals surface area (Å²) in [6, 6.07) is 14.3. The summed E-state index contributed by atoms with van der Waals surface area (Å²) in [7, 11) is -3.07. The summed E-state index contributed by atoms with van der Waals surface area (Å²) in [5.74, 6) is 1.35. The molecule has 2 aromatic carbocycles. The maximum absolute atomic E-state index is 13.4. The molecule has 0 spiro atoms. The van der Waals surface area contributed by atoms with Gasteiger partial charge in [-0.15, -0.1) is 0 Å². The van der Waals surface area contributed by atoms with E-state index in [9.17, 15) is 4.79 Å². The molecule has 3 rings (SSSR count). The molecule has 0 bridgehead atoms. The average Bonchev–Trinajstić information content (AvgIpc) is 2.79. The van der Waals surface area contributed by atoms with E-state index in [1.807, 2.05) is 36.4 Å². The highest BCUT2D eigenvalue weighted by atomic mass is 16.5. The molecule has 0 atom stereocenters. The standard InChI is InChI=1S/C26H32B2O7/c1-26(2,3)22-14-20(12-18-4-8-23(9-5-18)34-16-27(30)31)25(29)21(15-22)13-19-6-10-24(11-7-19)35-17-28(32)33/h4-13,22,30-33H,14-17H2,1-3H3. The van der Waals surface area contributed by atoms with Crippen molar-refractivity contribution in [2.24, 2.45) is 11.3 Å². The van der Waals surface area contributed by atoms with E-state index in [0.29, 0.717) is 30.3 Å². The van der Waals surface area contributed by atoms with Crippen molar-refractivity contribution in [2.75, 3.05) is 13.0 Å². The number of carbonyl (C=O) groups excluding carboxylic acids is 1. The smallest absolute Gasteiger partial charge is 0.491 e. The zero-order chi connectivity index (χ0) is 25.6. The molecule has 0 aromatic heterocycles. The van der Waals surface area contributed by atoms with Gasteiger partial charge in [0.1, 0.15) is 24.5 Å². The molecule has 7 nitrogen and oxygen atoms in total. The molecule has 0 heterocycles. The van der Waals surface area contributed by atoms with Crippen LogP contribution in [0.4, 0.5) is 0 Å². The highest BCUT2D eigenvalue weighted by Crippen LogP contribution is 2.42. The predicted molar refractivity (Wildman–Crippen MR) is 137 cm³/mol. The van der Waals surface area contributed by atoms with E-state index in [4.69, 9.17) is 29.6 Å². The molecule has 0 unspecified atom stereocenters. The number of Topliss-reactive ketones (excluding diaryl/α,β-unsaturated/α-hetero) is 1. The van der Waals surface area contributed by atoms with Crippen molar-refractivity contribution in [3.05, 3.63) is 70.8 Å². The Kier molecular flexibility index (Phi) is 8.97. The highest BCUT2D eigenvalue weighted by molar-refractivity contribution is 6.41. The van der Waals surface area contributed by atoms with Crippen LogP contribution in [0.2, 0.25) is 0 Å². The fourth-order valence-corrected chi connectivity index (χ4v) is 3.92. The molecule has 2 aromatic rings. The van der Waals surface area contributed by atoms with E-state index >= 15 is 0 Å². The first-order valence-electron chi connectivity index (χ1n) is 11.6. The summed E-state index contributed by atoms with van der Waals surface area (Å²) in [4.78, 5) is 13.4. The summed E-state index contributed by atoms with van der Waals surface area (Å²) in [6.07, 6.45) is 5.20. The second-order valence-corrected chi connectivity index (χ2v) is 9.86. The first-order chi connectivity index (χ1) is 16.5. The van der Waals surface area contributed by atoms with Crippen molar-refractivity contribution < 1.29 is 34.4 Å². The van der Waals surface area contributed by atoms with Crippen LogP contribution in [0.1, 0.15) is 44.7 Å². The van der Waals surface area contributed by atoms with Gasteiger partial charge in [-0.2, -0.15) is 0 Å². The molecular formula is C26H32B2O7. The molecule has 0 aliphatic heterocycles. The zero-order valence-electron chi connectivity index (χ0n) is 20.3. The van der Waals surface area contributed by atoms with Crippen LogP contribution < -0.4 is 9.47 Å². The van der Waals surface area contributed by atoms with Crippen LogP contribution in [-0.2, 0) is 4.79 Å². The molecule has 0 saturated heterocycles. The van der Waals surface area contributed by atoms with Crippen LogP contribution in [0.25, 0.3) is 12.2 Å². The molecule has 35 heavy (non-hydrogen) atoms. The Morgan fingerprint density at radius 3 is 1.46 bits per heavy atom. The number of ether oxygens (including phenoxy) is 2. The Balaban J connectivity index is 1.83. The van der Waals surface area contributed by atoms with Crippen molar-refractivity contribution >= 4 is 32.2 Å². The number of benzene rings is 2. The number of hydrogen-bond acceptors (Lipinski definition) is 7. The number of carbonyl (C=O) groups is 1. The van der Waals surface area contributed by atoms with Gasteiger partial charge in [-0.3, -0.25) is 4.79 Å². The van der Waals surface area contributed by atoms with Gasteiger partial charge in [-0.1, -0.05) is 45.0 Å². The van der Waals surface area contributed by atoms with E-state index < -0.39 is 14.2 Å². The van der Waals surface area contributed by atoms with Crippen molar-refractivity contribution in [3.63, 3.8) is 0 Å². The van der Waals surface area contributed by atoms with E-state index in [2.05, 4.69) is 20.8 Å². The number of hydrogen-bond donors (Lipinski definition) is 4. The molecule has 0 radical (unpaired) electrons. The van der Waals surface area contributed by atoms with Gasteiger partial charge in [0.2, 0.25) is 0 Å². The predicted octanol–water partition coefficient (Wildman–Crippen LogP) is 2.96. The molecule has 1 fully saturated rings. The van der Waals surface area contributed by atoms with E-state index in [-0.39, 0.29) is 24.2 Å². The van der Waals surface area contributed by atoms with E-state index in [0.717, 1.165) is 22.3 Å². The van der Waals surface area contributed by atoms with E-state index in [1.165, 1.54) is 0 Å². The van der Waals surface area contributed by atoms with Gasteiger partial charge in [0.15, 0.2) is 5.78 Å². The highest BCUT2D eigenvalue weighted by Gasteiger charge is 2.34. The van der Waals surface area contributed by atoms with Crippen LogP contribution in [0, 0.1) is 11.3 Å². The van der Waals surface area contributed by atoms with Crippen LogP contribution in [-0.4, -0.2) is 53.1 Å². The summed E-state index contributed by atoms with van der Waals surface area (Å²) in [5.41, 5.74) is 3.25. The Bertz CT molecular complexity index is 975. The normalized spacial score (nSPS) is 18.6. The zero-order valence-corrected chi connectivity index (χ0v) is 20.3. The lowest BCUT2D eigenvalue weighted by molar-refractivity contribution is -0.113. The lowest BCUT2D eigenvalue weighted by Crippen LogP contribution is -2.29. The monoisotopic (exact) mass is 478 g/mol. The van der Waals surface area contributed by atoms with Gasteiger partial charge < -0.3 is 29.6 Å². The second-order valence-electron chi connectivity index (χ2n) is 9.86. The SMILES string of the molecule is CC(C)(C)C1CC(=Cc2ccc(OCB(O)O)cc2)C(=O)C(=Cc2ccc(OCB(O)O)cc2)C1. The lowest BCUT2D eigenvalue weighted by atomic mass is 9.68. The Hall–Kier alpha value is -2.84. The fourth-order valence-electron chi connectivity index (χ4n) is 3.92. The van der Waals surface area contributed by atoms with Crippen LogP contribution in [0.15, 0.2) is 59.7 Å². The van der Waals surface area contributed by atoms with Crippen LogP contribution >= 0.6 is 0 Å². The van der Waals surface area contributed by atoms with Crippen LogP contribution in [0.5, 0.6) is 11.5 Å². The van der Waals surface area contributed by atoms with E-state index in [1.54, 1.807) is 24.3 Å².